The molecule has 0 atom stereocenters. The zero-order chi connectivity index (χ0) is 31.5. The largest absolute Gasteiger partial charge is 0.493 e. The Bertz CT molecular complexity index is 1630. The minimum absolute atomic E-state index is 0.000558. The van der Waals surface area contributed by atoms with Crippen LogP contribution in [0.4, 0.5) is 11.4 Å². The first-order chi connectivity index (χ1) is 21.3. The van der Waals surface area contributed by atoms with Crippen molar-refractivity contribution in [3.63, 3.8) is 0 Å². The van der Waals surface area contributed by atoms with E-state index in [0.717, 1.165) is 16.1 Å². The van der Waals surface area contributed by atoms with E-state index in [-0.39, 0.29) is 17.4 Å². The first-order valence-corrected chi connectivity index (χ1v) is 14.6. The van der Waals surface area contributed by atoms with E-state index in [0.29, 0.717) is 34.1 Å². The number of methoxy groups -OCH3 is 3. The Labute approximate surface area is 260 Å². The standard InChI is InChI=1S/C34H33N3O6S/c1-22-9-8-12-26(17-22)35-31(38)21-44-27-15-13-25(14-16-27)36-34(40)28(37-33(39)24-10-6-5-7-11-24)18-23-19-29(41-2)32(43-4)30(20-23)42-3/h5-20H,21H2,1-4H3,(H,35,38)(H,36,40)(H,37,39)/b28-18-. The quantitative estimate of drug-likeness (QED) is 0.130. The van der Waals surface area contributed by atoms with Crippen molar-refractivity contribution in [3.8, 4) is 17.2 Å². The van der Waals surface area contributed by atoms with Crippen molar-refractivity contribution in [1.29, 1.82) is 0 Å². The SMILES string of the molecule is COc1cc(/C=C(\NC(=O)c2ccccc2)C(=O)Nc2ccc(SCC(=O)Nc3cccc(C)c3)cc2)cc(OC)c1OC. The molecule has 4 rings (SSSR count). The lowest BCUT2D eigenvalue weighted by Gasteiger charge is -2.15. The first kappa shape index (κ1) is 31.7. The molecule has 0 radical (unpaired) electrons. The second kappa shape index (κ2) is 15.3. The van der Waals surface area contributed by atoms with E-state index in [1.807, 2.05) is 43.3 Å². The normalized spacial score (nSPS) is 10.9. The Morgan fingerprint density at radius 3 is 2.05 bits per heavy atom. The number of amides is 3. The van der Waals surface area contributed by atoms with Crippen LogP contribution in [0.2, 0.25) is 0 Å². The molecule has 0 aromatic heterocycles. The van der Waals surface area contributed by atoms with Gasteiger partial charge >= 0.3 is 0 Å². The van der Waals surface area contributed by atoms with Crippen molar-refractivity contribution >= 4 is 46.9 Å². The summed E-state index contributed by atoms with van der Waals surface area (Å²) in [7, 11) is 4.49. The second-order valence-corrected chi connectivity index (χ2v) is 10.6. The Balaban J connectivity index is 1.50. The highest BCUT2D eigenvalue weighted by Crippen LogP contribution is 2.38. The minimum Gasteiger partial charge on any atom is -0.493 e. The van der Waals surface area contributed by atoms with Crippen molar-refractivity contribution in [2.75, 3.05) is 37.7 Å². The molecule has 3 N–H and O–H groups in total. The number of benzene rings is 4. The van der Waals surface area contributed by atoms with Gasteiger partial charge in [0.1, 0.15) is 5.70 Å². The van der Waals surface area contributed by atoms with E-state index in [9.17, 15) is 14.4 Å². The van der Waals surface area contributed by atoms with Gasteiger partial charge in [0.15, 0.2) is 11.5 Å². The third-order valence-corrected chi connectivity index (χ3v) is 7.32. The number of thioether (sulfide) groups is 1. The number of hydrogen-bond donors (Lipinski definition) is 3. The molecule has 0 unspecified atom stereocenters. The molecule has 0 saturated heterocycles. The number of hydrogen-bond acceptors (Lipinski definition) is 7. The predicted octanol–water partition coefficient (Wildman–Crippen LogP) is 6.16. The lowest BCUT2D eigenvalue weighted by molar-refractivity contribution is -0.114. The molecule has 0 spiro atoms. The Hall–Kier alpha value is -5.22. The average molecular weight is 612 g/mol. The van der Waals surface area contributed by atoms with Crippen LogP contribution in [0.15, 0.2) is 102 Å². The predicted molar refractivity (Wildman–Crippen MR) is 174 cm³/mol. The van der Waals surface area contributed by atoms with Gasteiger partial charge in [0.2, 0.25) is 11.7 Å². The first-order valence-electron chi connectivity index (χ1n) is 13.6. The van der Waals surface area contributed by atoms with E-state index in [1.165, 1.54) is 39.2 Å². The number of nitrogens with one attached hydrogen (secondary N) is 3. The highest BCUT2D eigenvalue weighted by Gasteiger charge is 2.18. The number of carbonyl (C=O) groups is 3. The van der Waals surface area contributed by atoms with Gasteiger partial charge in [0.05, 0.1) is 27.1 Å². The molecule has 0 saturated carbocycles. The van der Waals surface area contributed by atoms with Crippen LogP contribution in [0.5, 0.6) is 17.2 Å². The summed E-state index contributed by atoms with van der Waals surface area (Å²) >= 11 is 1.38. The van der Waals surface area contributed by atoms with Gasteiger partial charge in [0.25, 0.3) is 11.8 Å². The molecule has 3 amide bonds. The highest BCUT2D eigenvalue weighted by molar-refractivity contribution is 8.00. The fourth-order valence-electron chi connectivity index (χ4n) is 4.20. The molecule has 9 nitrogen and oxygen atoms in total. The summed E-state index contributed by atoms with van der Waals surface area (Å²) in [5, 5.41) is 8.44. The summed E-state index contributed by atoms with van der Waals surface area (Å²) in [5.41, 5.74) is 3.25. The smallest absolute Gasteiger partial charge is 0.272 e. The minimum atomic E-state index is -0.541. The summed E-state index contributed by atoms with van der Waals surface area (Å²) in [6, 6.07) is 26.6. The van der Waals surface area contributed by atoms with Crippen molar-refractivity contribution in [3.05, 3.63) is 113 Å². The number of rotatable bonds is 12. The van der Waals surface area contributed by atoms with E-state index < -0.39 is 11.8 Å². The van der Waals surface area contributed by atoms with Gasteiger partial charge in [-0.25, -0.2) is 0 Å². The van der Waals surface area contributed by atoms with Crippen LogP contribution in [0, 0.1) is 6.92 Å². The van der Waals surface area contributed by atoms with Crippen LogP contribution in [0.3, 0.4) is 0 Å². The van der Waals surface area contributed by atoms with Gasteiger partial charge in [-0.1, -0.05) is 30.3 Å². The number of ether oxygens (including phenoxy) is 3. The van der Waals surface area contributed by atoms with E-state index in [2.05, 4.69) is 16.0 Å². The Morgan fingerprint density at radius 1 is 0.750 bits per heavy atom. The van der Waals surface area contributed by atoms with Crippen LogP contribution >= 0.6 is 11.8 Å². The molecule has 0 aliphatic carbocycles. The van der Waals surface area contributed by atoms with Crippen LogP contribution < -0.4 is 30.2 Å². The lowest BCUT2D eigenvalue weighted by Crippen LogP contribution is -2.30. The molecule has 0 bridgehead atoms. The van der Waals surface area contributed by atoms with Crippen LogP contribution in [-0.4, -0.2) is 44.8 Å². The average Bonchev–Trinajstić information content (AvgIpc) is 3.04. The van der Waals surface area contributed by atoms with Crippen molar-refractivity contribution in [2.45, 2.75) is 11.8 Å². The summed E-state index contributed by atoms with van der Waals surface area (Å²) in [6.07, 6.45) is 1.53. The van der Waals surface area contributed by atoms with Crippen LogP contribution in [-0.2, 0) is 9.59 Å². The molecule has 44 heavy (non-hydrogen) atoms. The molecule has 10 heteroatoms. The summed E-state index contributed by atoms with van der Waals surface area (Å²) in [6.45, 7) is 1.97. The zero-order valence-corrected chi connectivity index (χ0v) is 25.6. The van der Waals surface area contributed by atoms with Gasteiger partial charge in [-0.05, 0) is 84.8 Å². The molecule has 0 aliphatic heterocycles. The van der Waals surface area contributed by atoms with E-state index >= 15 is 0 Å². The fourth-order valence-corrected chi connectivity index (χ4v) is 4.89. The number of aryl methyl sites for hydroxylation is 1. The number of anilines is 2. The van der Waals surface area contributed by atoms with Crippen molar-refractivity contribution < 1.29 is 28.6 Å². The van der Waals surface area contributed by atoms with E-state index in [4.69, 9.17) is 14.2 Å². The third-order valence-electron chi connectivity index (χ3n) is 6.31. The van der Waals surface area contributed by atoms with Crippen molar-refractivity contribution in [1.82, 2.24) is 5.32 Å². The summed E-state index contributed by atoms with van der Waals surface area (Å²) < 4.78 is 16.3. The highest BCUT2D eigenvalue weighted by atomic mass is 32.2. The van der Waals surface area contributed by atoms with Gasteiger partial charge in [-0.15, -0.1) is 11.8 Å². The maximum atomic E-state index is 13.5. The number of carbonyl (C=O) groups excluding carboxylic acids is 3. The maximum absolute atomic E-state index is 13.5. The molecule has 4 aromatic rings. The molecule has 0 heterocycles. The second-order valence-electron chi connectivity index (χ2n) is 9.52. The van der Waals surface area contributed by atoms with Gasteiger partial charge in [0, 0.05) is 21.8 Å². The zero-order valence-electron chi connectivity index (χ0n) is 24.8. The molecule has 0 aliphatic rings. The van der Waals surface area contributed by atoms with Crippen LogP contribution in [0.25, 0.3) is 6.08 Å². The lowest BCUT2D eigenvalue weighted by atomic mass is 10.1. The molecule has 0 fully saturated rings. The maximum Gasteiger partial charge on any atom is 0.272 e. The van der Waals surface area contributed by atoms with E-state index in [1.54, 1.807) is 54.6 Å². The third kappa shape index (κ3) is 8.65. The molecular formula is C34H33N3O6S. The topological polar surface area (TPSA) is 115 Å². The Morgan fingerprint density at radius 2 is 1.43 bits per heavy atom. The van der Waals surface area contributed by atoms with Gasteiger partial charge in [-0.2, -0.15) is 0 Å². The monoisotopic (exact) mass is 611 g/mol. The fraction of sp³-hybridized carbons (Fsp3) is 0.147. The summed E-state index contributed by atoms with van der Waals surface area (Å²) in [4.78, 5) is 39.7. The molecule has 4 aromatic carbocycles. The van der Waals surface area contributed by atoms with Crippen LogP contribution in [0.1, 0.15) is 21.5 Å². The molecular weight excluding hydrogens is 578 g/mol. The Kier molecular flexibility index (Phi) is 11.0. The van der Waals surface area contributed by atoms with Gasteiger partial charge < -0.3 is 30.2 Å². The molecule has 226 valence electrons. The summed E-state index contributed by atoms with van der Waals surface area (Å²) in [5.74, 6) is 0.315. The van der Waals surface area contributed by atoms with Crippen molar-refractivity contribution in [2.24, 2.45) is 0 Å². The van der Waals surface area contributed by atoms with Gasteiger partial charge in [-0.3, -0.25) is 14.4 Å².